The van der Waals surface area contributed by atoms with Crippen LogP contribution in [0.15, 0.2) is 42.6 Å². The first-order chi connectivity index (χ1) is 7.88. The first-order valence-corrected chi connectivity index (χ1v) is 5.03. The third-order valence-electron chi connectivity index (χ3n) is 2.12. The molecule has 1 aromatic carbocycles. The van der Waals surface area contributed by atoms with Crippen molar-refractivity contribution in [1.82, 2.24) is 9.97 Å². The highest BCUT2D eigenvalue weighted by atomic mass is 16.6. The number of nitrogens with zero attached hydrogens (tertiary/aromatic N) is 2. The molecule has 4 heteroatoms. The molecule has 2 aromatic rings. The number of benzene rings is 1. The molecule has 1 aromatic heterocycles. The van der Waals surface area contributed by atoms with Crippen LogP contribution in [0.4, 0.5) is 5.82 Å². The first-order valence-electron chi connectivity index (χ1n) is 5.03. The Balaban J connectivity index is 2.12. The van der Waals surface area contributed by atoms with E-state index >= 15 is 0 Å². The van der Waals surface area contributed by atoms with Crippen LogP contribution in [0.25, 0.3) is 0 Å². The Morgan fingerprint density at radius 2 is 2.00 bits per heavy atom. The molecule has 0 aliphatic carbocycles. The number of anilines is 1. The summed E-state index contributed by atoms with van der Waals surface area (Å²) in [5.74, 6) is 1.44. The highest BCUT2D eigenvalue weighted by Gasteiger charge is 2.00. The van der Waals surface area contributed by atoms with E-state index in [9.17, 15) is 0 Å². The SMILES string of the molecule is CONc1ccnc(Cc2ccccc2)n1. The Bertz CT molecular complexity index is 445. The van der Waals surface area contributed by atoms with Crippen molar-refractivity contribution in [2.75, 3.05) is 12.6 Å². The summed E-state index contributed by atoms with van der Waals surface area (Å²) >= 11 is 0. The van der Waals surface area contributed by atoms with Gasteiger partial charge in [-0.1, -0.05) is 30.3 Å². The maximum Gasteiger partial charge on any atom is 0.153 e. The molecule has 16 heavy (non-hydrogen) atoms. The summed E-state index contributed by atoms with van der Waals surface area (Å²) in [5, 5.41) is 0. The molecule has 0 radical (unpaired) electrons. The fourth-order valence-corrected chi connectivity index (χ4v) is 1.42. The molecular formula is C12H13N3O. The minimum absolute atomic E-state index is 0.670. The molecular weight excluding hydrogens is 202 g/mol. The Morgan fingerprint density at radius 1 is 1.19 bits per heavy atom. The van der Waals surface area contributed by atoms with Crippen LogP contribution in [0, 0.1) is 0 Å². The fraction of sp³-hybridized carbons (Fsp3) is 0.167. The van der Waals surface area contributed by atoms with Crippen molar-refractivity contribution in [1.29, 1.82) is 0 Å². The summed E-state index contributed by atoms with van der Waals surface area (Å²) < 4.78 is 0. The van der Waals surface area contributed by atoms with Crippen LogP contribution in [0.2, 0.25) is 0 Å². The number of hydrogen-bond acceptors (Lipinski definition) is 4. The standard InChI is InChI=1S/C12H13N3O/c1-16-15-11-7-8-13-12(14-11)9-10-5-3-2-4-6-10/h2-8H,9H2,1H3,(H,13,14,15). The molecule has 82 valence electrons. The van der Waals surface area contributed by atoms with Crippen LogP contribution in [0.3, 0.4) is 0 Å². The van der Waals surface area contributed by atoms with Gasteiger partial charge in [-0.2, -0.15) is 0 Å². The lowest BCUT2D eigenvalue weighted by molar-refractivity contribution is 0.269. The minimum Gasteiger partial charge on any atom is -0.278 e. The van der Waals surface area contributed by atoms with Crippen LogP contribution < -0.4 is 5.48 Å². The molecule has 0 unspecified atom stereocenters. The van der Waals surface area contributed by atoms with E-state index in [-0.39, 0.29) is 0 Å². The molecule has 0 bridgehead atoms. The maximum absolute atomic E-state index is 4.79. The quantitative estimate of drug-likeness (QED) is 0.793. The predicted octanol–water partition coefficient (Wildman–Crippen LogP) is 2.04. The lowest BCUT2D eigenvalue weighted by Crippen LogP contribution is -2.02. The van der Waals surface area contributed by atoms with Gasteiger partial charge >= 0.3 is 0 Å². The van der Waals surface area contributed by atoms with Gasteiger partial charge in [-0.05, 0) is 5.56 Å². The maximum atomic E-state index is 4.79. The van der Waals surface area contributed by atoms with E-state index in [1.54, 1.807) is 19.4 Å². The Kier molecular flexibility index (Phi) is 3.46. The van der Waals surface area contributed by atoms with Gasteiger partial charge in [0.2, 0.25) is 0 Å². The van der Waals surface area contributed by atoms with Gasteiger partial charge in [0.1, 0.15) is 5.82 Å². The number of rotatable bonds is 4. The first kappa shape index (κ1) is 10.6. The number of nitrogens with one attached hydrogen (secondary N) is 1. The summed E-state index contributed by atoms with van der Waals surface area (Å²) in [6.07, 6.45) is 2.44. The second-order valence-corrected chi connectivity index (χ2v) is 3.33. The molecule has 0 aliphatic heterocycles. The molecule has 4 nitrogen and oxygen atoms in total. The number of aromatic nitrogens is 2. The lowest BCUT2D eigenvalue weighted by Gasteiger charge is -2.04. The molecule has 0 amide bonds. The van der Waals surface area contributed by atoms with E-state index < -0.39 is 0 Å². The molecule has 0 aliphatic rings. The summed E-state index contributed by atoms with van der Waals surface area (Å²) in [4.78, 5) is 13.3. The van der Waals surface area contributed by atoms with Crippen molar-refractivity contribution in [2.45, 2.75) is 6.42 Å². The topological polar surface area (TPSA) is 47.0 Å². The number of hydrogen-bond donors (Lipinski definition) is 1. The van der Waals surface area contributed by atoms with Gasteiger partial charge in [0.15, 0.2) is 5.82 Å². The zero-order valence-corrected chi connectivity index (χ0v) is 9.05. The third-order valence-corrected chi connectivity index (χ3v) is 2.12. The highest BCUT2D eigenvalue weighted by molar-refractivity contribution is 5.31. The van der Waals surface area contributed by atoms with Crippen LogP contribution >= 0.6 is 0 Å². The van der Waals surface area contributed by atoms with Gasteiger partial charge in [0.05, 0.1) is 7.11 Å². The van der Waals surface area contributed by atoms with E-state index in [1.165, 1.54) is 5.56 Å². The van der Waals surface area contributed by atoms with Gasteiger partial charge in [0, 0.05) is 18.7 Å². The fourth-order valence-electron chi connectivity index (χ4n) is 1.42. The molecule has 0 saturated carbocycles. The van der Waals surface area contributed by atoms with E-state index in [0.717, 1.165) is 12.2 Å². The van der Waals surface area contributed by atoms with Gasteiger partial charge in [0.25, 0.3) is 0 Å². The zero-order chi connectivity index (χ0) is 11.2. The second kappa shape index (κ2) is 5.23. The molecule has 0 atom stereocenters. The van der Waals surface area contributed by atoms with Crippen molar-refractivity contribution >= 4 is 5.82 Å². The Morgan fingerprint density at radius 3 is 2.75 bits per heavy atom. The third kappa shape index (κ3) is 2.77. The van der Waals surface area contributed by atoms with E-state index in [1.807, 2.05) is 18.2 Å². The predicted molar refractivity (Wildman–Crippen MR) is 61.9 cm³/mol. The molecule has 2 rings (SSSR count). The van der Waals surface area contributed by atoms with Crippen molar-refractivity contribution in [3.8, 4) is 0 Å². The molecule has 1 heterocycles. The van der Waals surface area contributed by atoms with E-state index in [4.69, 9.17) is 4.84 Å². The van der Waals surface area contributed by atoms with Crippen molar-refractivity contribution in [2.24, 2.45) is 0 Å². The van der Waals surface area contributed by atoms with E-state index in [0.29, 0.717) is 5.82 Å². The average molecular weight is 215 g/mol. The molecule has 1 N–H and O–H groups in total. The normalized spacial score (nSPS) is 10.1. The average Bonchev–Trinajstić information content (AvgIpc) is 2.31. The van der Waals surface area contributed by atoms with Crippen molar-refractivity contribution < 1.29 is 4.84 Å². The molecule has 0 saturated heterocycles. The second-order valence-electron chi connectivity index (χ2n) is 3.33. The van der Waals surface area contributed by atoms with Gasteiger partial charge in [-0.25, -0.2) is 15.4 Å². The zero-order valence-electron chi connectivity index (χ0n) is 9.05. The van der Waals surface area contributed by atoms with Crippen LogP contribution in [-0.2, 0) is 11.3 Å². The van der Waals surface area contributed by atoms with Crippen LogP contribution in [0.5, 0.6) is 0 Å². The minimum atomic E-state index is 0.670. The van der Waals surface area contributed by atoms with Gasteiger partial charge < -0.3 is 0 Å². The molecule has 0 spiro atoms. The largest absolute Gasteiger partial charge is 0.278 e. The van der Waals surface area contributed by atoms with Crippen LogP contribution in [0.1, 0.15) is 11.4 Å². The Hall–Kier alpha value is -1.94. The summed E-state index contributed by atoms with van der Waals surface area (Å²) in [6, 6.07) is 11.9. The van der Waals surface area contributed by atoms with Crippen molar-refractivity contribution in [3.63, 3.8) is 0 Å². The van der Waals surface area contributed by atoms with E-state index in [2.05, 4.69) is 27.6 Å². The van der Waals surface area contributed by atoms with Crippen molar-refractivity contribution in [3.05, 3.63) is 54.0 Å². The Labute approximate surface area is 94.3 Å². The summed E-state index contributed by atoms with van der Waals surface area (Å²) in [7, 11) is 1.55. The highest BCUT2D eigenvalue weighted by Crippen LogP contribution is 2.07. The molecule has 0 fully saturated rings. The van der Waals surface area contributed by atoms with Gasteiger partial charge in [-0.3, -0.25) is 4.84 Å². The monoisotopic (exact) mass is 215 g/mol. The summed E-state index contributed by atoms with van der Waals surface area (Å²) in [6.45, 7) is 0. The van der Waals surface area contributed by atoms with Gasteiger partial charge in [-0.15, -0.1) is 0 Å². The lowest BCUT2D eigenvalue weighted by atomic mass is 10.1. The smallest absolute Gasteiger partial charge is 0.153 e. The summed E-state index contributed by atoms with van der Waals surface area (Å²) in [5.41, 5.74) is 3.87. The van der Waals surface area contributed by atoms with Crippen LogP contribution in [-0.4, -0.2) is 17.1 Å².